The average Bonchev–Trinajstić information content (AvgIpc) is 2.62. The molecule has 24 heavy (non-hydrogen) atoms. The van der Waals surface area contributed by atoms with E-state index in [-0.39, 0.29) is 13.2 Å². The second-order valence-electron chi connectivity index (χ2n) is 4.64. The summed E-state index contributed by atoms with van der Waals surface area (Å²) >= 11 is 0. The lowest BCUT2D eigenvalue weighted by Crippen LogP contribution is -2.00. The van der Waals surface area contributed by atoms with Crippen molar-refractivity contribution in [2.75, 3.05) is 20.3 Å². The van der Waals surface area contributed by atoms with Crippen molar-refractivity contribution in [1.29, 1.82) is 0 Å². The normalized spacial score (nSPS) is 8.79. The molecular weight excluding hydrogens is 304 g/mol. The number of carbonyl (C=O) groups is 1. The lowest BCUT2D eigenvalue weighted by atomic mass is 10.2. The van der Waals surface area contributed by atoms with Gasteiger partial charge in [-0.25, -0.2) is 0 Å². The molecule has 0 saturated carbocycles. The molecule has 0 spiro atoms. The van der Waals surface area contributed by atoms with Crippen LogP contribution in [0.25, 0.3) is 0 Å². The molecule has 130 valence electrons. The Labute approximate surface area is 144 Å². The van der Waals surface area contributed by atoms with Crippen LogP contribution in [-0.4, -0.2) is 31.7 Å². The van der Waals surface area contributed by atoms with E-state index in [0.29, 0.717) is 24.2 Å². The minimum Gasteiger partial charge on any atom is -0.486 e. The first-order valence-electron chi connectivity index (χ1n) is 7.56. The second kappa shape index (κ2) is 15.5. The first-order chi connectivity index (χ1) is 11.7. The summed E-state index contributed by atoms with van der Waals surface area (Å²) in [6.07, 6.45) is 2.38. The van der Waals surface area contributed by atoms with Gasteiger partial charge in [-0.1, -0.05) is 60.2 Å². The molecule has 2 aromatic rings. The van der Waals surface area contributed by atoms with Gasteiger partial charge in [0, 0.05) is 12.7 Å². The van der Waals surface area contributed by atoms with Crippen LogP contribution in [0.15, 0.2) is 67.3 Å². The molecule has 1 N–H and O–H groups in total. The van der Waals surface area contributed by atoms with Crippen LogP contribution in [0.2, 0.25) is 0 Å². The van der Waals surface area contributed by atoms with E-state index in [1.54, 1.807) is 37.5 Å². The Morgan fingerprint density at radius 3 is 2.08 bits per heavy atom. The van der Waals surface area contributed by atoms with Gasteiger partial charge in [-0.2, -0.15) is 0 Å². The Kier molecular flexibility index (Phi) is 13.9. The van der Waals surface area contributed by atoms with Crippen LogP contribution in [0.3, 0.4) is 0 Å². The SMILES string of the molecule is C=CCOC.Cc1ccccc1.O=CCOc1ccccc1CO. The van der Waals surface area contributed by atoms with Gasteiger partial charge in [0.05, 0.1) is 13.2 Å². The fraction of sp³-hybridized carbons (Fsp3) is 0.250. The van der Waals surface area contributed by atoms with Gasteiger partial charge in [-0.3, -0.25) is 4.79 Å². The number of benzene rings is 2. The molecule has 0 atom stereocenters. The largest absolute Gasteiger partial charge is 0.486 e. The van der Waals surface area contributed by atoms with Crippen molar-refractivity contribution in [3.63, 3.8) is 0 Å². The van der Waals surface area contributed by atoms with Crippen LogP contribution in [0.5, 0.6) is 5.75 Å². The van der Waals surface area contributed by atoms with Crippen LogP contribution in [0.4, 0.5) is 0 Å². The third kappa shape index (κ3) is 11.2. The summed E-state index contributed by atoms with van der Waals surface area (Å²) in [5.74, 6) is 0.562. The van der Waals surface area contributed by atoms with E-state index >= 15 is 0 Å². The second-order valence-corrected chi connectivity index (χ2v) is 4.64. The average molecular weight is 330 g/mol. The van der Waals surface area contributed by atoms with Crippen molar-refractivity contribution in [3.8, 4) is 5.75 Å². The highest BCUT2D eigenvalue weighted by Gasteiger charge is 1.99. The molecule has 0 aromatic heterocycles. The third-order valence-electron chi connectivity index (χ3n) is 2.67. The number of methoxy groups -OCH3 is 1. The third-order valence-corrected chi connectivity index (χ3v) is 2.67. The molecule has 0 fully saturated rings. The quantitative estimate of drug-likeness (QED) is 0.650. The monoisotopic (exact) mass is 330 g/mol. The van der Waals surface area contributed by atoms with Crippen molar-refractivity contribution >= 4 is 6.29 Å². The molecule has 0 heterocycles. The molecule has 2 rings (SSSR count). The minimum absolute atomic E-state index is 0.0248. The standard InChI is InChI=1S/C9H10O3.C7H8.C4H8O/c10-5-6-12-9-4-2-1-3-8(9)7-11;1-7-5-3-2-4-6-7;1-3-4-5-2/h1-5,11H,6-7H2;2-6H,1H3;3H,1,4H2,2H3. The van der Waals surface area contributed by atoms with Crippen LogP contribution >= 0.6 is 0 Å². The highest BCUT2D eigenvalue weighted by molar-refractivity contribution is 5.51. The van der Waals surface area contributed by atoms with Crippen LogP contribution in [0.1, 0.15) is 11.1 Å². The maximum atomic E-state index is 9.99. The number of ether oxygens (including phenoxy) is 2. The number of aliphatic hydroxyl groups excluding tert-OH is 1. The summed E-state index contributed by atoms with van der Waals surface area (Å²) in [6.45, 7) is 6.11. The number of aryl methyl sites for hydroxylation is 1. The Balaban J connectivity index is 0.000000373. The Hall–Kier alpha value is -2.43. The van der Waals surface area contributed by atoms with E-state index in [2.05, 4.69) is 30.4 Å². The summed E-state index contributed by atoms with van der Waals surface area (Å²) in [6, 6.07) is 17.3. The molecule has 0 radical (unpaired) electrons. The first-order valence-corrected chi connectivity index (χ1v) is 7.56. The predicted molar refractivity (Wildman–Crippen MR) is 97.2 cm³/mol. The zero-order valence-corrected chi connectivity index (χ0v) is 14.4. The molecule has 0 saturated heterocycles. The number of hydrogen-bond donors (Lipinski definition) is 1. The first kappa shape index (κ1) is 21.6. The van der Waals surface area contributed by atoms with Gasteiger partial charge in [-0.05, 0) is 13.0 Å². The fourth-order valence-electron chi connectivity index (χ4n) is 1.55. The van der Waals surface area contributed by atoms with Gasteiger partial charge >= 0.3 is 0 Å². The van der Waals surface area contributed by atoms with Crippen LogP contribution in [-0.2, 0) is 16.1 Å². The van der Waals surface area contributed by atoms with Gasteiger partial charge in [-0.15, -0.1) is 6.58 Å². The van der Waals surface area contributed by atoms with Gasteiger partial charge in [0.1, 0.15) is 12.4 Å². The number of rotatable bonds is 6. The summed E-state index contributed by atoms with van der Waals surface area (Å²) in [7, 11) is 1.64. The maximum absolute atomic E-state index is 9.99. The molecular formula is C20H26O4. The van der Waals surface area contributed by atoms with Gasteiger partial charge < -0.3 is 14.6 Å². The smallest absolute Gasteiger partial charge is 0.157 e. The number of aliphatic hydroxyl groups is 1. The van der Waals surface area contributed by atoms with E-state index < -0.39 is 0 Å². The molecule has 2 aromatic carbocycles. The van der Waals surface area contributed by atoms with Crippen molar-refractivity contribution in [3.05, 3.63) is 78.4 Å². The highest BCUT2D eigenvalue weighted by Crippen LogP contribution is 2.16. The number of carbonyl (C=O) groups excluding carboxylic acids is 1. The van der Waals surface area contributed by atoms with E-state index in [1.807, 2.05) is 18.2 Å². The molecule has 0 aliphatic rings. The van der Waals surface area contributed by atoms with Gasteiger partial charge in [0.2, 0.25) is 0 Å². The van der Waals surface area contributed by atoms with Crippen molar-refractivity contribution in [2.24, 2.45) is 0 Å². The van der Waals surface area contributed by atoms with E-state index in [0.717, 1.165) is 0 Å². The predicted octanol–water partition coefficient (Wildman–Crippen LogP) is 3.57. The van der Waals surface area contributed by atoms with E-state index in [1.165, 1.54) is 5.56 Å². The van der Waals surface area contributed by atoms with Crippen molar-refractivity contribution in [1.82, 2.24) is 0 Å². The molecule has 4 heteroatoms. The Bertz CT molecular complexity index is 553. The minimum atomic E-state index is -0.0744. The van der Waals surface area contributed by atoms with Crippen LogP contribution < -0.4 is 4.74 Å². The highest BCUT2D eigenvalue weighted by atomic mass is 16.5. The van der Waals surface area contributed by atoms with Crippen molar-refractivity contribution in [2.45, 2.75) is 13.5 Å². The topological polar surface area (TPSA) is 55.8 Å². The van der Waals surface area contributed by atoms with Crippen molar-refractivity contribution < 1.29 is 19.4 Å². The van der Waals surface area contributed by atoms with Crippen LogP contribution in [0, 0.1) is 6.92 Å². The zero-order valence-electron chi connectivity index (χ0n) is 14.4. The van der Waals surface area contributed by atoms with E-state index in [9.17, 15) is 4.79 Å². The molecule has 4 nitrogen and oxygen atoms in total. The lowest BCUT2D eigenvalue weighted by molar-refractivity contribution is -0.109. The molecule has 0 bridgehead atoms. The number of para-hydroxylation sites is 1. The molecule has 0 aliphatic carbocycles. The van der Waals surface area contributed by atoms with Gasteiger partial charge in [0.15, 0.2) is 6.29 Å². The summed E-state index contributed by atoms with van der Waals surface area (Å²) in [5.41, 5.74) is 2.02. The lowest BCUT2D eigenvalue weighted by Gasteiger charge is -2.05. The Morgan fingerprint density at radius 1 is 1.04 bits per heavy atom. The maximum Gasteiger partial charge on any atom is 0.157 e. The Morgan fingerprint density at radius 2 is 1.67 bits per heavy atom. The molecule has 0 amide bonds. The molecule has 0 aliphatic heterocycles. The summed E-state index contributed by atoms with van der Waals surface area (Å²) in [5, 5.41) is 8.85. The fourth-order valence-corrected chi connectivity index (χ4v) is 1.55. The van der Waals surface area contributed by atoms with Gasteiger partial charge in [0.25, 0.3) is 0 Å². The zero-order chi connectivity index (χ0) is 18.0. The molecule has 0 unspecified atom stereocenters. The number of hydrogen-bond acceptors (Lipinski definition) is 4. The number of aldehydes is 1. The summed E-state index contributed by atoms with van der Waals surface area (Å²) < 4.78 is 9.62. The van der Waals surface area contributed by atoms with E-state index in [4.69, 9.17) is 9.84 Å². The summed E-state index contributed by atoms with van der Waals surface area (Å²) in [4.78, 5) is 9.99.